The van der Waals surface area contributed by atoms with Crippen LogP contribution in [-0.4, -0.2) is 67.5 Å². The number of H-pyrrole nitrogens is 1. The van der Waals surface area contributed by atoms with Crippen LogP contribution in [0.4, 0.5) is 5.82 Å². The number of aromatic amines is 1. The predicted molar refractivity (Wildman–Crippen MR) is 133 cm³/mol. The molecule has 0 atom stereocenters. The molecule has 1 N–H and O–H groups in total. The lowest BCUT2D eigenvalue weighted by atomic mass is 10.1. The van der Waals surface area contributed by atoms with E-state index in [-0.39, 0.29) is 5.91 Å². The summed E-state index contributed by atoms with van der Waals surface area (Å²) in [4.78, 5) is 22.0. The summed E-state index contributed by atoms with van der Waals surface area (Å²) in [5.74, 6) is 1.40. The first-order valence-electron chi connectivity index (χ1n) is 11.0. The van der Waals surface area contributed by atoms with Gasteiger partial charge in [-0.3, -0.25) is 9.89 Å². The van der Waals surface area contributed by atoms with Gasteiger partial charge in [-0.15, -0.1) is 0 Å². The van der Waals surface area contributed by atoms with Crippen molar-refractivity contribution in [3.63, 3.8) is 0 Å². The van der Waals surface area contributed by atoms with Crippen LogP contribution < -0.4 is 9.64 Å². The Labute approximate surface area is 199 Å². The molecule has 0 aliphatic carbocycles. The second-order valence-corrected chi connectivity index (χ2v) is 8.18. The van der Waals surface area contributed by atoms with E-state index in [1.54, 1.807) is 25.2 Å². The van der Waals surface area contributed by atoms with Gasteiger partial charge in [0.15, 0.2) is 0 Å². The number of hydrogen-bond donors (Lipinski definition) is 1. The van der Waals surface area contributed by atoms with Crippen molar-refractivity contribution in [2.24, 2.45) is 0 Å². The zero-order valence-corrected chi connectivity index (χ0v) is 19.9. The number of fused-ring (bicyclic) bond motifs is 1. The van der Waals surface area contributed by atoms with Gasteiger partial charge in [0.2, 0.25) is 0 Å². The maximum atomic E-state index is 13.5. The number of anilines is 1. The number of hydrogen-bond acceptors (Lipinski definition) is 6. The first-order valence-corrected chi connectivity index (χ1v) is 11.0. The summed E-state index contributed by atoms with van der Waals surface area (Å²) in [6.07, 6.45) is 0. The summed E-state index contributed by atoms with van der Waals surface area (Å²) in [6.45, 7) is 1.23. The smallest absolute Gasteiger partial charge is 0.272 e. The molecule has 1 amide bonds. The van der Waals surface area contributed by atoms with Crippen LogP contribution in [0.1, 0.15) is 16.1 Å². The van der Waals surface area contributed by atoms with Crippen molar-refractivity contribution in [3.05, 3.63) is 71.9 Å². The minimum atomic E-state index is -0.147. The number of nitrogens with one attached hydrogen (secondary N) is 1. The Morgan fingerprint density at radius 3 is 2.53 bits per heavy atom. The molecule has 0 bridgehead atoms. The van der Waals surface area contributed by atoms with Crippen molar-refractivity contribution in [3.8, 4) is 17.0 Å². The summed E-state index contributed by atoms with van der Waals surface area (Å²) >= 11 is 0. The van der Waals surface area contributed by atoms with Gasteiger partial charge in [0.05, 0.1) is 24.9 Å². The highest BCUT2D eigenvalue weighted by molar-refractivity contribution is 5.93. The van der Waals surface area contributed by atoms with E-state index in [1.807, 2.05) is 67.5 Å². The third-order valence-corrected chi connectivity index (χ3v) is 5.60. The zero-order valence-electron chi connectivity index (χ0n) is 19.9. The Hall–Kier alpha value is -3.91. The van der Waals surface area contributed by atoms with Crippen molar-refractivity contribution >= 4 is 22.6 Å². The van der Waals surface area contributed by atoms with Crippen LogP contribution >= 0.6 is 0 Å². The van der Waals surface area contributed by atoms with Gasteiger partial charge in [-0.25, -0.2) is 4.98 Å². The van der Waals surface area contributed by atoms with Gasteiger partial charge in [-0.2, -0.15) is 5.10 Å². The Morgan fingerprint density at radius 1 is 1.03 bits per heavy atom. The highest BCUT2D eigenvalue weighted by Gasteiger charge is 2.21. The van der Waals surface area contributed by atoms with Crippen LogP contribution in [0.2, 0.25) is 0 Å². The van der Waals surface area contributed by atoms with Gasteiger partial charge < -0.3 is 19.3 Å². The number of ether oxygens (including phenoxy) is 2. The SMILES string of the molecule is COCCN(Cc1cc2ccc(OC)cc2nc1N(C)C)C(=O)c1cc(-c2ccccc2)n[nH]1. The van der Waals surface area contributed by atoms with E-state index < -0.39 is 0 Å². The monoisotopic (exact) mass is 459 g/mol. The van der Waals surface area contributed by atoms with Gasteiger partial charge >= 0.3 is 0 Å². The van der Waals surface area contributed by atoms with Gasteiger partial charge in [0, 0.05) is 56.9 Å². The third-order valence-electron chi connectivity index (χ3n) is 5.60. The molecule has 2 heterocycles. The van der Waals surface area contributed by atoms with Gasteiger partial charge in [-0.05, 0) is 24.3 Å². The predicted octanol–water partition coefficient (Wildman–Crippen LogP) is 3.99. The Kier molecular flexibility index (Phi) is 7.08. The van der Waals surface area contributed by atoms with E-state index in [0.717, 1.165) is 39.3 Å². The van der Waals surface area contributed by atoms with Crippen LogP contribution in [0, 0.1) is 0 Å². The lowest BCUT2D eigenvalue weighted by molar-refractivity contribution is 0.0675. The molecule has 0 unspecified atom stereocenters. The fourth-order valence-corrected chi connectivity index (χ4v) is 3.83. The summed E-state index contributed by atoms with van der Waals surface area (Å²) in [7, 11) is 7.16. The van der Waals surface area contributed by atoms with E-state index in [4.69, 9.17) is 14.5 Å². The molecule has 2 aromatic heterocycles. The molecular formula is C26H29N5O3. The lowest BCUT2D eigenvalue weighted by Crippen LogP contribution is -2.34. The Morgan fingerprint density at radius 2 is 1.82 bits per heavy atom. The molecule has 8 heteroatoms. The van der Waals surface area contributed by atoms with Crippen LogP contribution in [-0.2, 0) is 11.3 Å². The number of nitrogens with zero attached hydrogens (tertiary/aromatic N) is 4. The fraction of sp³-hybridized carbons (Fsp3) is 0.269. The van der Waals surface area contributed by atoms with Crippen molar-refractivity contribution in [1.82, 2.24) is 20.1 Å². The molecule has 4 aromatic rings. The summed E-state index contributed by atoms with van der Waals surface area (Å²) in [5, 5.41) is 8.23. The molecule has 0 spiro atoms. The molecular weight excluding hydrogens is 430 g/mol. The van der Waals surface area contributed by atoms with Crippen LogP contribution in [0.25, 0.3) is 22.2 Å². The first kappa shape index (κ1) is 23.3. The second kappa shape index (κ2) is 10.4. The van der Waals surface area contributed by atoms with E-state index in [2.05, 4.69) is 16.3 Å². The molecule has 34 heavy (non-hydrogen) atoms. The van der Waals surface area contributed by atoms with E-state index in [0.29, 0.717) is 25.4 Å². The Bertz CT molecular complexity index is 1270. The summed E-state index contributed by atoms with van der Waals surface area (Å²) in [5.41, 5.74) is 3.88. The van der Waals surface area contributed by atoms with E-state index in [9.17, 15) is 4.79 Å². The summed E-state index contributed by atoms with van der Waals surface area (Å²) < 4.78 is 10.6. The zero-order chi connectivity index (χ0) is 24.1. The van der Waals surface area contributed by atoms with Crippen LogP contribution in [0.3, 0.4) is 0 Å². The molecule has 0 saturated carbocycles. The highest BCUT2D eigenvalue weighted by Crippen LogP contribution is 2.27. The van der Waals surface area contributed by atoms with E-state index in [1.165, 1.54) is 0 Å². The van der Waals surface area contributed by atoms with Crippen LogP contribution in [0.5, 0.6) is 5.75 Å². The van der Waals surface area contributed by atoms with Crippen molar-refractivity contribution < 1.29 is 14.3 Å². The molecule has 176 valence electrons. The number of aromatic nitrogens is 3. The highest BCUT2D eigenvalue weighted by atomic mass is 16.5. The summed E-state index contributed by atoms with van der Waals surface area (Å²) in [6, 6.07) is 19.4. The maximum Gasteiger partial charge on any atom is 0.272 e. The normalized spacial score (nSPS) is 10.9. The van der Waals surface area contributed by atoms with Crippen molar-refractivity contribution in [2.45, 2.75) is 6.54 Å². The standard InChI is InChI=1S/C26H29N5O3/c1-30(2)25-20(14-19-10-11-21(34-4)15-22(19)27-25)17-31(12-13-33-3)26(32)24-16-23(28-29-24)18-8-6-5-7-9-18/h5-11,14-16H,12-13,17H2,1-4H3,(H,28,29). The fourth-order valence-electron chi connectivity index (χ4n) is 3.83. The average Bonchev–Trinajstić information content (AvgIpc) is 3.36. The topological polar surface area (TPSA) is 83.6 Å². The Balaban J connectivity index is 1.66. The number of benzene rings is 2. The number of methoxy groups -OCH3 is 2. The maximum absolute atomic E-state index is 13.5. The number of pyridine rings is 1. The first-order chi connectivity index (χ1) is 16.5. The molecule has 0 radical (unpaired) electrons. The minimum Gasteiger partial charge on any atom is -0.497 e. The van der Waals surface area contributed by atoms with Crippen LogP contribution in [0.15, 0.2) is 60.7 Å². The molecule has 0 aliphatic rings. The largest absolute Gasteiger partial charge is 0.497 e. The molecule has 0 saturated heterocycles. The van der Waals surface area contributed by atoms with Crippen molar-refractivity contribution in [2.75, 3.05) is 46.4 Å². The number of amides is 1. The van der Waals surface area contributed by atoms with Gasteiger partial charge in [-0.1, -0.05) is 30.3 Å². The average molecular weight is 460 g/mol. The van der Waals surface area contributed by atoms with Gasteiger partial charge in [0.25, 0.3) is 5.91 Å². The molecule has 0 fully saturated rings. The number of carbonyl (C=O) groups excluding carboxylic acids is 1. The van der Waals surface area contributed by atoms with Crippen molar-refractivity contribution in [1.29, 1.82) is 0 Å². The number of carbonyl (C=O) groups is 1. The van der Waals surface area contributed by atoms with Gasteiger partial charge in [0.1, 0.15) is 17.3 Å². The third kappa shape index (κ3) is 5.02. The lowest BCUT2D eigenvalue weighted by Gasteiger charge is -2.25. The molecule has 4 rings (SSSR count). The molecule has 8 nitrogen and oxygen atoms in total. The quantitative estimate of drug-likeness (QED) is 0.408. The molecule has 2 aromatic carbocycles. The number of rotatable bonds is 9. The minimum absolute atomic E-state index is 0.147. The molecule has 0 aliphatic heterocycles. The second-order valence-electron chi connectivity index (χ2n) is 8.18. The van der Waals surface area contributed by atoms with E-state index >= 15 is 0 Å².